The van der Waals surface area contributed by atoms with Crippen LogP contribution in [0.1, 0.15) is 105 Å². The molecule has 1 aromatic heterocycles. The predicted molar refractivity (Wildman–Crippen MR) is 333 cm³/mol. The van der Waals surface area contributed by atoms with Gasteiger partial charge in [-0.25, -0.2) is 4.68 Å². The normalized spacial score (nSPS) is 18.0. The minimum Gasteiger partial charge on any atom is -0.496 e. The Kier molecular flexibility index (Phi) is 21.5. The molecule has 4 aliphatic heterocycles. The number of esters is 3. The van der Waals surface area contributed by atoms with E-state index in [9.17, 15) is 28.8 Å². The van der Waals surface area contributed by atoms with Crippen molar-refractivity contribution in [3.63, 3.8) is 0 Å². The number of amides is 3. The van der Waals surface area contributed by atoms with Crippen molar-refractivity contribution in [1.29, 1.82) is 0 Å². The highest BCUT2D eigenvalue weighted by molar-refractivity contribution is 6.34. The number of halogens is 2. The average Bonchev–Trinajstić information content (AvgIpc) is 1.68. The van der Waals surface area contributed by atoms with E-state index in [1.807, 2.05) is 127 Å². The number of nitrogens with one attached hydrogen (secondary N) is 1. The topological polar surface area (TPSA) is 207 Å². The Balaban J connectivity index is 0.962. The quantitative estimate of drug-likeness (QED) is 0.0935. The van der Waals surface area contributed by atoms with Gasteiger partial charge in [-0.15, -0.1) is 0 Å². The summed E-state index contributed by atoms with van der Waals surface area (Å²) >= 11 is 13.1. The van der Waals surface area contributed by atoms with Crippen molar-refractivity contribution in [2.24, 2.45) is 5.92 Å². The first-order valence-electron chi connectivity index (χ1n) is 30.0. The van der Waals surface area contributed by atoms with Gasteiger partial charge in [-0.1, -0.05) is 35.3 Å². The number of aromatic nitrogens is 2. The fourth-order valence-corrected chi connectivity index (χ4v) is 11.7. The second kappa shape index (κ2) is 28.0. The standard InChI is InChI=1S/C64H87Cl2N9O12/c1-61(2,3)85-54(77)37-70-22-20-69(21-23-71(38-55(78)86-62(4,5)6)25-27-72(26-24-70)39-56(79)87-63(7,8)9)36-53(76)73-18-16-42(17-19-73)59(80)67-46-15-13-14-43(30-46)48-34-49-52(35-51(48)82-12)84-40-50-57(60(81)74-28-29-83-41-64(74,10)11)68-75(58(49)50)47-32-44(65)31-45(66)33-47/h13-15,30-35,42H,16-29,36-41H2,1-12H3,(H,67,80). The molecule has 0 saturated carbocycles. The summed E-state index contributed by atoms with van der Waals surface area (Å²) < 4.78 is 37.0. The fraction of sp³-hybridized carbons (Fsp3) is 0.578. The zero-order valence-electron chi connectivity index (χ0n) is 52.6. The van der Waals surface area contributed by atoms with Gasteiger partial charge in [0.1, 0.15) is 34.9 Å². The average molecular weight is 1250 g/mol. The lowest BCUT2D eigenvalue weighted by Gasteiger charge is -2.41. The first-order chi connectivity index (χ1) is 40.9. The van der Waals surface area contributed by atoms with Crippen LogP contribution in [0.3, 0.4) is 0 Å². The molecular weight excluding hydrogens is 1160 g/mol. The molecule has 0 unspecified atom stereocenters. The number of carbonyl (C=O) groups is 6. The number of fused-ring (bicyclic) bond motifs is 3. The van der Waals surface area contributed by atoms with E-state index in [-0.39, 0.29) is 80.0 Å². The summed E-state index contributed by atoms with van der Waals surface area (Å²) in [5.74, 6) is -0.970. The van der Waals surface area contributed by atoms with Crippen molar-refractivity contribution in [3.05, 3.63) is 75.9 Å². The molecule has 0 bridgehead atoms. The van der Waals surface area contributed by atoms with E-state index >= 15 is 0 Å². The molecule has 3 aromatic carbocycles. The number of anilines is 1. The van der Waals surface area contributed by atoms with Crippen LogP contribution < -0.4 is 14.8 Å². The summed E-state index contributed by atoms with van der Waals surface area (Å²) in [5.41, 5.74) is 2.05. The number of morpholine rings is 1. The van der Waals surface area contributed by atoms with E-state index < -0.39 is 22.3 Å². The number of carbonyl (C=O) groups excluding carboxylic acids is 6. The number of likely N-dealkylation sites (tertiary alicyclic amines) is 1. The molecule has 0 radical (unpaired) electrons. The van der Waals surface area contributed by atoms with Crippen LogP contribution in [0.15, 0.2) is 54.6 Å². The summed E-state index contributed by atoms with van der Waals surface area (Å²) in [6.07, 6.45) is 0.898. The van der Waals surface area contributed by atoms with E-state index in [0.717, 1.165) is 5.56 Å². The van der Waals surface area contributed by atoms with E-state index in [2.05, 4.69) is 10.2 Å². The summed E-state index contributed by atoms with van der Waals surface area (Å²) in [7, 11) is 1.58. The highest BCUT2D eigenvalue weighted by atomic mass is 35.5. The van der Waals surface area contributed by atoms with Crippen molar-refractivity contribution in [2.45, 2.75) is 118 Å². The monoisotopic (exact) mass is 1240 g/mol. The highest BCUT2D eigenvalue weighted by Gasteiger charge is 2.40. The summed E-state index contributed by atoms with van der Waals surface area (Å²) in [4.78, 5) is 94.3. The molecular formula is C64H87Cl2N9O12. The molecule has 21 nitrogen and oxygen atoms in total. The molecule has 0 spiro atoms. The van der Waals surface area contributed by atoms with Crippen molar-refractivity contribution in [1.82, 2.24) is 39.2 Å². The van der Waals surface area contributed by atoms with Crippen LogP contribution in [0.2, 0.25) is 10.0 Å². The second-order valence-electron chi connectivity index (χ2n) is 26.5. The van der Waals surface area contributed by atoms with Gasteiger partial charge in [0.25, 0.3) is 5.91 Å². The van der Waals surface area contributed by atoms with Gasteiger partial charge in [-0.05, 0) is 131 Å². The summed E-state index contributed by atoms with van der Waals surface area (Å²) in [5, 5.41) is 8.91. The van der Waals surface area contributed by atoms with Gasteiger partial charge in [0, 0.05) is 116 Å². The molecule has 0 atom stereocenters. The van der Waals surface area contributed by atoms with Gasteiger partial charge in [-0.3, -0.25) is 48.4 Å². The lowest BCUT2D eigenvalue weighted by molar-refractivity contribution is -0.158. The molecule has 3 amide bonds. The smallest absolute Gasteiger partial charge is 0.320 e. The highest BCUT2D eigenvalue weighted by Crippen LogP contribution is 2.47. The predicted octanol–water partition coefficient (Wildman–Crippen LogP) is 8.09. The minimum atomic E-state index is -0.690. The fourth-order valence-electron chi connectivity index (χ4n) is 11.2. The molecule has 4 aliphatic rings. The summed E-state index contributed by atoms with van der Waals surface area (Å²) in [6.45, 7) is 25.8. The van der Waals surface area contributed by atoms with Gasteiger partial charge >= 0.3 is 17.9 Å². The Bertz CT molecular complexity index is 3090. The van der Waals surface area contributed by atoms with Gasteiger partial charge in [0.05, 0.1) is 63.4 Å². The number of ether oxygens (including phenoxy) is 6. The van der Waals surface area contributed by atoms with Crippen molar-refractivity contribution < 1.29 is 57.2 Å². The van der Waals surface area contributed by atoms with Gasteiger partial charge < -0.3 is 43.5 Å². The Morgan fingerprint density at radius 2 is 1.17 bits per heavy atom. The lowest BCUT2D eigenvalue weighted by atomic mass is 9.94. The maximum Gasteiger partial charge on any atom is 0.320 e. The zero-order valence-corrected chi connectivity index (χ0v) is 54.2. The Morgan fingerprint density at radius 1 is 0.655 bits per heavy atom. The third-order valence-electron chi connectivity index (χ3n) is 15.4. The van der Waals surface area contributed by atoms with Crippen molar-refractivity contribution in [3.8, 4) is 39.6 Å². The zero-order chi connectivity index (χ0) is 63.2. The van der Waals surface area contributed by atoms with Crippen LogP contribution in [0.4, 0.5) is 5.69 Å². The Labute approximate surface area is 521 Å². The molecule has 0 aliphatic carbocycles. The minimum absolute atomic E-state index is 0.0114. The molecule has 474 valence electrons. The van der Waals surface area contributed by atoms with Crippen molar-refractivity contribution in [2.75, 3.05) is 124 Å². The second-order valence-corrected chi connectivity index (χ2v) is 27.3. The van der Waals surface area contributed by atoms with Crippen molar-refractivity contribution >= 4 is 64.5 Å². The third-order valence-corrected chi connectivity index (χ3v) is 15.8. The van der Waals surface area contributed by atoms with E-state index in [1.165, 1.54) is 0 Å². The maximum absolute atomic E-state index is 14.5. The first-order valence-corrected chi connectivity index (χ1v) is 30.7. The maximum atomic E-state index is 14.5. The van der Waals surface area contributed by atoms with Crippen LogP contribution in [0, 0.1) is 5.92 Å². The number of piperidine rings is 1. The number of nitrogens with zero attached hydrogens (tertiary/aromatic N) is 8. The molecule has 87 heavy (non-hydrogen) atoms. The number of hydrogen-bond donors (Lipinski definition) is 1. The molecule has 1 N–H and O–H groups in total. The van der Waals surface area contributed by atoms with E-state index in [0.29, 0.717) is 153 Å². The van der Waals surface area contributed by atoms with E-state index in [1.54, 1.807) is 39.8 Å². The van der Waals surface area contributed by atoms with Gasteiger partial charge in [0.15, 0.2) is 5.69 Å². The van der Waals surface area contributed by atoms with Gasteiger partial charge in [0.2, 0.25) is 11.8 Å². The van der Waals surface area contributed by atoms with Gasteiger partial charge in [-0.2, -0.15) is 5.10 Å². The molecule has 3 saturated heterocycles. The van der Waals surface area contributed by atoms with Crippen LogP contribution in [-0.4, -0.2) is 216 Å². The van der Waals surface area contributed by atoms with Crippen LogP contribution in [0.5, 0.6) is 11.5 Å². The molecule has 23 heteroatoms. The number of benzene rings is 3. The number of rotatable bonds is 14. The Hall–Kier alpha value is -6.33. The number of hydrogen-bond acceptors (Lipinski definition) is 17. The number of methoxy groups -OCH3 is 1. The largest absolute Gasteiger partial charge is 0.496 e. The molecule has 8 rings (SSSR count). The molecule has 3 fully saturated rings. The molecule has 5 heterocycles. The van der Waals surface area contributed by atoms with Crippen LogP contribution in [0.25, 0.3) is 28.1 Å². The van der Waals surface area contributed by atoms with Crippen LogP contribution in [-0.2, 0) is 49.5 Å². The molecule has 4 aromatic rings. The Morgan fingerprint density at radius 3 is 1.67 bits per heavy atom. The first kappa shape index (κ1) is 66.6. The lowest BCUT2D eigenvalue weighted by Crippen LogP contribution is -2.55. The third kappa shape index (κ3) is 18.4. The summed E-state index contributed by atoms with van der Waals surface area (Å²) in [6, 6.07) is 16.4. The van der Waals surface area contributed by atoms with Crippen LogP contribution >= 0.6 is 23.2 Å². The van der Waals surface area contributed by atoms with E-state index in [4.69, 9.17) is 56.7 Å². The SMILES string of the molecule is COc1cc2c(cc1-c1cccc(NC(=O)C3CCN(C(=O)CN4CCN(CC(=O)OC(C)(C)C)CCN(CC(=O)OC(C)(C)C)CCN(CC(=O)OC(C)(C)C)CC4)CC3)c1)-c1c(c(C(=O)N3CCOCC3(C)C)nn1-c1cc(Cl)cc(Cl)c1)CO2.